The van der Waals surface area contributed by atoms with Crippen LogP contribution in [0.5, 0.6) is 0 Å². The molecule has 3 rings (SSSR count). The van der Waals surface area contributed by atoms with Gasteiger partial charge in [0.25, 0.3) is 5.91 Å². The van der Waals surface area contributed by atoms with Crippen molar-refractivity contribution >= 4 is 11.8 Å². The lowest BCUT2D eigenvalue weighted by molar-refractivity contribution is -0.126. The van der Waals surface area contributed by atoms with Crippen LogP contribution in [-0.2, 0) is 22.5 Å². The Morgan fingerprint density at radius 2 is 2.17 bits per heavy atom. The van der Waals surface area contributed by atoms with E-state index in [1.807, 2.05) is 4.57 Å². The van der Waals surface area contributed by atoms with Gasteiger partial charge in [0.1, 0.15) is 5.69 Å². The first-order valence-electron chi connectivity index (χ1n) is 8.28. The predicted molar refractivity (Wildman–Crippen MR) is 84.0 cm³/mol. The molecule has 2 aliphatic rings. The summed E-state index contributed by atoms with van der Waals surface area (Å²) in [6, 6.07) is 0. The Morgan fingerprint density at radius 3 is 2.91 bits per heavy atom. The van der Waals surface area contributed by atoms with Crippen LogP contribution in [0.2, 0.25) is 0 Å². The van der Waals surface area contributed by atoms with E-state index in [1.165, 1.54) is 12.8 Å². The Kier molecular flexibility index (Phi) is 4.95. The Hall–Kier alpha value is -1.89. The maximum absolute atomic E-state index is 12.2. The number of nitrogens with zero attached hydrogens (tertiary/aromatic N) is 2. The monoisotopic (exact) mass is 320 g/mol. The van der Waals surface area contributed by atoms with E-state index in [-0.39, 0.29) is 17.7 Å². The van der Waals surface area contributed by atoms with Crippen LogP contribution in [0.3, 0.4) is 0 Å². The molecule has 1 aromatic rings. The SMILES string of the molecule is COCCNC(=O)c1ncn2c1CCC(C(=O)NCC1CC1)C2. The number of ether oxygens (including phenoxy) is 1. The maximum atomic E-state index is 12.2. The summed E-state index contributed by atoms with van der Waals surface area (Å²) in [7, 11) is 1.60. The third-order valence-corrected chi connectivity index (χ3v) is 4.53. The zero-order valence-electron chi connectivity index (χ0n) is 13.5. The van der Waals surface area contributed by atoms with Gasteiger partial charge in [0.2, 0.25) is 5.91 Å². The molecule has 1 aliphatic heterocycles. The lowest BCUT2D eigenvalue weighted by Gasteiger charge is -2.24. The fourth-order valence-electron chi connectivity index (χ4n) is 2.93. The molecule has 2 amide bonds. The molecule has 1 unspecified atom stereocenters. The minimum Gasteiger partial charge on any atom is -0.383 e. The van der Waals surface area contributed by atoms with Crippen LogP contribution in [-0.4, -0.2) is 48.2 Å². The van der Waals surface area contributed by atoms with Gasteiger partial charge in [-0.1, -0.05) is 0 Å². The number of aromatic nitrogens is 2. The van der Waals surface area contributed by atoms with Crippen molar-refractivity contribution in [2.75, 3.05) is 26.8 Å². The van der Waals surface area contributed by atoms with Gasteiger partial charge < -0.3 is 19.9 Å². The number of nitrogens with one attached hydrogen (secondary N) is 2. The number of amides is 2. The highest BCUT2D eigenvalue weighted by Crippen LogP contribution is 2.28. The molecule has 0 spiro atoms. The summed E-state index contributed by atoms with van der Waals surface area (Å²) < 4.78 is 6.86. The molecule has 23 heavy (non-hydrogen) atoms. The highest BCUT2D eigenvalue weighted by Gasteiger charge is 2.29. The van der Waals surface area contributed by atoms with E-state index in [4.69, 9.17) is 4.74 Å². The summed E-state index contributed by atoms with van der Waals surface area (Å²) in [6.07, 6.45) is 5.60. The Bertz CT molecular complexity index is 580. The summed E-state index contributed by atoms with van der Waals surface area (Å²) in [6.45, 7) is 2.35. The number of hydrogen-bond acceptors (Lipinski definition) is 4. The molecule has 7 heteroatoms. The number of rotatable bonds is 7. The van der Waals surface area contributed by atoms with Crippen LogP contribution in [0.15, 0.2) is 6.33 Å². The van der Waals surface area contributed by atoms with E-state index >= 15 is 0 Å². The van der Waals surface area contributed by atoms with Gasteiger partial charge in [-0.3, -0.25) is 9.59 Å². The smallest absolute Gasteiger partial charge is 0.271 e. The number of carbonyl (C=O) groups is 2. The summed E-state index contributed by atoms with van der Waals surface area (Å²) in [5, 5.41) is 5.83. The van der Waals surface area contributed by atoms with Crippen LogP contribution in [0.4, 0.5) is 0 Å². The van der Waals surface area contributed by atoms with E-state index in [0.29, 0.717) is 37.7 Å². The van der Waals surface area contributed by atoms with E-state index in [2.05, 4.69) is 15.6 Å². The molecule has 7 nitrogen and oxygen atoms in total. The second-order valence-corrected chi connectivity index (χ2v) is 6.37. The van der Waals surface area contributed by atoms with Gasteiger partial charge in [-0.25, -0.2) is 4.98 Å². The first-order valence-corrected chi connectivity index (χ1v) is 8.28. The molecule has 0 radical (unpaired) electrons. The van der Waals surface area contributed by atoms with Gasteiger partial charge in [-0.2, -0.15) is 0 Å². The lowest BCUT2D eigenvalue weighted by Crippen LogP contribution is -2.37. The quantitative estimate of drug-likeness (QED) is 0.710. The van der Waals surface area contributed by atoms with Gasteiger partial charge in [0, 0.05) is 26.7 Å². The van der Waals surface area contributed by atoms with Gasteiger partial charge >= 0.3 is 0 Å². The molecule has 2 heterocycles. The predicted octanol–water partition coefficient (Wildman–Crippen LogP) is 0.348. The third kappa shape index (κ3) is 3.90. The van der Waals surface area contributed by atoms with Crippen molar-refractivity contribution in [2.45, 2.75) is 32.2 Å². The van der Waals surface area contributed by atoms with Gasteiger partial charge in [-0.05, 0) is 31.6 Å². The fourth-order valence-corrected chi connectivity index (χ4v) is 2.93. The van der Waals surface area contributed by atoms with Crippen LogP contribution >= 0.6 is 0 Å². The molecular weight excluding hydrogens is 296 g/mol. The highest BCUT2D eigenvalue weighted by molar-refractivity contribution is 5.93. The van der Waals surface area contributed by atoms with Crippen LogP contribution in [0.1, 0.15) is 35.4 Å². The van der Waals surface area contributed by atoms with Crippen LogP contribution in [0.25, 0.3) is 0 Å². The van der Waals surface area contributed by atoms with Crippen LogP contribution < -0.4 is 10.6 Å². The fraction of sp³-hybridized carbons (Fsp3) is 0.688. The molecular formula is C16H24N4O3. The molecule has 1 aliphatic carbocycles. The Balaban J connectivity index is 1.56. The standard InChI is InChI=1S/C16H24N4O3/c1-23-7-6-17-16(22)14-13-5-4-12(9-20(13)10-19-14)15(21)18-8-11-2-3-11/h10-12H,2-9H2,1H3,(H,17,22)(H,18,21). The minimum atomic E-state index is -0.174. The average molecular weight is 320 g/mol. The third-order valence-electron chi connectivity index (χ3n) is 4.53. The summed E-state index contributed by atoms with van der Waals surface area (Å²) >= 11 is 0. The topological polar surface area (TPSA) is 85.2 Å². The molecule has 0 bridgehead atoms. The first kappa shape index (κ1) is 16.0. The summed E-state index contributed by atoms with van der Waals surface area (Å²) in [5.41, 5.74) is 1.39. The molecule has 2 N–H and O–H groups in total. The summed E-state index contributed by atoms with van der Waals surface area (Å²) in [5.74, 6) is 0.614. The van der Waals surface area contributed by atoms with Crippen molar-refractivity contribution in [2.24, 2.45) is 11.8 Å². The molecule has 1 saturated carbocycles. The number of carbonyl (C=O) groups excluding carboxylic acids is 2. The molecule has 126 valence electrons. The lowest BCUT2D eigenvalue weighted by atomic mass is 9.96. The van der Waals surface area contributed by atoms with Crippen LogP contribution in [0, 0.1) is 11.8 Å². The molecule has 1 atom stereocenters. The zero-order chi connectivity index (χ0) is 16.2. The highest BCUT2D eigenvalue weighted by atomic mass is 16.5. The number of methoxy groups -OCH3 is 1. The van der Waals surface area contributed by atoms with Gasteiger partial charge in [0.15, 0.2) is 0 Å². The van der Waals surface area contributed by atoms with E-state index in [9.17, 15) is 9.59 Å². The van der Waals surface area contributed by atoms with Crippen molar-refractivity contribution in [1.82, 2.24) is 20.2 Å². The van der Waals surface area contributed by atoms with Crippen molar-refractivity contribution in [3.05, 3.63) is 17.7 Å². The number of imidazole rings is 1. The zero-order valence-corrected chi connectivity index (χ0v) is 13.5. The Labute approximate surface area is 135 Å². The van der Waals surface area contributed by atoms with Crippen molar-refractivity contribution in [3.8, 4) is 0 Å². The molecule has 0 aromatic carbocycles. The van der Waals surface area contributed by atoms with Crippen molar-refractivity contribution < 1.29 is 14.3 Å². The van der Waals surface area contributed by atoms with E-state index < -0.39 is 0 Å². The minimum absolute atomic E-state index is 0.0279. The molecule has 0 saturated heterocycles. The number of fused-ring (bicyclic) bond motifs is 1. The maximum Gasteiger partial charge on any atom is 0.271 e. The van der Waals surface area contributed by atoms with Gasteiger partial charge in [0.05, 0.1) is 24.5 Å². The van der Waals surface area contributed by atoms with E-state index in [1.54, 1.807) is 13.4 Å². The largest absolute Gasteiger partial charge is 0.383 e. The Morgan fingerprint density at radius 1 is 1.35 bits per heavy atom. The first-order chi connectivity index (χ1) is 11.2. The second-order valence-electron chi connectivity index (χ2n) is 6.37. The van der Waals surface area contributed by atoms with Crippen molar-refractivity contribution in [1.29, 1.82) is 0 Å². The van der Waals surface area contributed by atoms with E-state index in [0.717, 1.165) is 18.7 Å². The average Bonchev–Trinajstić information content (AvgIpc) is 3.29. The summed E-state index contributed by atoms with van der Waals surface area (Å²) in [4.78, 5) is 28.6. The second kappa shape index (κ2) is 7.12. The molecule has 1 aromatic heterocycles. The number of hydrogen-bond donors (Lipinski definition) is 2. The molecule has 1 fully saturated rings. The normalized spacial score (nSPS) is 20.0. The van der Waals surface area contributed by atoms with Gasteiger partial charge in [-0.15, -0.1) is 0 Å². The van der Waals surface area contributed by atoms with Crippen molar-refractivity contribution in [3.63, 3.8) is 0 Å².